The molecule has 8 heteroatoms. The quantitative estimate of drug-likeness (QED) is 0.153. The van der Waals surface area contributed by atoms with E-state index in [0.717, 1.165) is 47.9 Å². The average Bonchev–Trinajstić information content (AvgIpc) is 3.28. The molecule has 37 heavy (non-hydrogen) atoms. The highest BCUT2D eigenvalue weighted by Gasteiger charge is 2.29. The maximum absolute atomic E-state index is 12.9. The fourth-order valence-corrected chi connectivity index (χ4v) is 6.72. The minimum absolute atomic E-state index is 0.142. The normalized spacial score (nSPS) is 14.8. The monoisotopic (exact) mass is 531 g/mol. The molecule has 5 rings (SSSR count). The van der Waals surface area contributed by atoms with Gasteiger partial charge in [0.15, 0.2) is 5.16 Å². The van der Waals surface area contributed by atoms with Gasteiger partial charge in [0.25, 0.3) is 0 Å². The second-order valence-corrected chi connectivity index (χ2v) is 11.1. The van der Waals surface area contributed by atoms with Crippen LogP contribution in [0, 0.1) is 5.92 Å². The standard InChI is InChI=1S/C29H29N3O3S2/c1-3-18-9-12-22-24(15-18)37-27(26(22)28(34)35-4-2)32-25(33)17-36-29-30-14-13-23(31-29)21-11-10-19-7-5-6-8-20(19)16-21/h5-8,10-11,13-14,16,18H,3-4,9,12,15,17H2,1-2H3,(H,32,33). The summed E-state index contributed by atoms with van der Waals surface area (Å²) in [7, 11) is 0. The smallest absolute Gasteiger partial charge is 0.341 e. The third kappa shape index (κ3) is 5.70. The average molecular weight is 532 g/mol. The first-order valence-electron chi connectivity index (χ1n) is 12.6. The van der Waals surface area contributed by atoms with Crippen molar-refractivity contribution in [2.24, 2.45) is 5.92 Å². The molecule has 0 aliphatic heterocycles. The summed E-state index contributed by atoms with van der Waals surface area (Å²) in [6.45, 7) is 4.30. The summed E-state index contributed by atoms with van der Waals surface area (Å²) >= 11 is 2.79. The zero-order chi connectivity index (χ0) is 25.8. The number of fused-ring (bicyclic) bond motifs is 2. The summed E-state index contributed by atoms with van der Waals surface area (Å²) in [5.74, 6) is 0.210. The fourth-order valence-electron chi connectivity index (χ4n) is 4.72. The van der Waals surface area contributed by atoms with E-state index in [-0.39, 0.29) is 17.6 Å². The van der Waals surface area contributed by atoms with Crippen LogP contribution in [-0.2, 0) is 22.4 Å². The number of hydrogen-bond acceptors (Lipinski definition) is 7. The van der Waals surface area contributed by atoms with Crippen LogP contribution in [0.1, 0.15) is 47.5 Å². The Bertz CT molecular complexity index is 1450. The van der Waals surface area contributed by atoms with Gasteiger partial charge in [-0.1, -0.05) is 61.5 Å². The van der Waals surface area contributed by atoms with E-state index >= 15 is 0 Å². The molecule has 4 aromatic rings. The third-order valence-electron chi connectivity index (χ3n) is 6.69. The zero-order valence-electron chi connectivity index (χ0n) is 21.0. The Morgan fingerprint density at radius 1 is 1.14 bits per heavy atom. The highest BCUT2D eigenvalue weighted by Crippen LogP contribution is 2.41. The van der Waals surface area contributed by atoms with Gasteiger partial charge in [-0.25, -0.2) is 14.8 Å². The third-order valence-corrected chi connectivity index (χ3v) is 8.72. The van der Waals surface area contributed by atoms with Crippen molar-refractivity contribution in [1.82, 2.24) is 9.97 Å². The molecule has 2 aromatic heterocycles. The van der Waals surface area contributed by atoms with Crippen molar-refractivity contribution in [3.05, 3.63) is 70.7 Å². The number of hydrogen-bond donors (Lipinski definition) is 1. The number of rotatable bonds is 8. The van der Waals surface area contributed by atoms with Gasteiger partial charge in [0.2, 0.25) is 5.91 Å². The number of carbonyl (C=O) groups is 2. The summed E-state index contributed by atoms with van der Waals surface area (Å²) in [4.78, 5) is 35.9. The number of benzene rings is 2. The van der Waals surface area contributed by atoms with E-state index in [1.807, 2.05) is 24.3 Å². The number of aromatic nitrogens is 2. The van der Waals surface area contributed by atoms with Gasteiger partial charge in [-0.3, -0.25) is 4.79 Å². The van der Waals surface area contributed by atoms with Crippen LogP contribution in [0.3, 0.4) is 0 Å². The van der Waals surface area contributed by atoms with Crippen LogP contribution >= 0.6 is 23.1 Å². The predicted molar refractivity (Wildman–Crippen MR) is 150 cm³/mol. The van der Waals surface area contributed by atoms with Gasteiger partial charge in [0.05, 0.1) is 23.6 Å². The molecule has 0 saturated carbocycles. The second kappa shape index (κ2) is 11.4. The maximum Gasteiger partial charge on any atom is 0.341 e. The van der Waals surface area contributed by atoms with Crippen molar-refractivity contribution in [2.75, 3.05) is 17.7 Å². The minimum atomic E-state index is -0.357. The SMILES string of the molecule is CCOC(=O)c1c(NC(=O)CSc2nccc(-c3ccc4ccccc4c3)n2)sc2c1CCC(CC)C2. The van der Waals surface area contributed by atoms with Crippen molar-refractivity contribution < 1.29 is 14.3 Å². The molecule has 1 aliphatic rings. The van der Waals surface area contributed by atoms with E-state index in [9.17, 15) is 9.59 Å². The van der Waals surface area contributed by atoms with Crippen LogP contribution in [0.15, 0.2) is 59.9 Å². The summed E-state index contributed by atoms with van der Waals surface area (Å²) in [5, 5.41) is 6.43. The van der Waals surface area contributed by atoms with Crippen molar-refractivity contribution >= 4 is 50.7 Å². The number of carbonyl (C=O) groups excluding carboxylic acids is 2. The number of thioether (sulfide) groups is 1. The second-order valence-electron chi connectivity index (χ2n) is 9.07. The first-order valence-corrected chi connectivity index (χ1v) is 14.4. The van der Waals surface area contributed by atoms with Gasteiger partial charge < -0.3 is 10.1 Å². The lowest BCUT2D eigenvalue weighted by Gasteiger charge is -2.20. The highest BCUT2D eigenvalue weighted by molar-refractivity contribution is 7.99. The molecule has 0 radical (unpaired) electrons. The molecule has 0 saturated heterocycles. The van der Waals surface area contributed by atoms with Crippen LogP contribution in [0.4, 0.5) is 5.00 Å². The van der Waals surface area contributed by atoms with Crippen LogP contribution in [0.2, 0.25) is 0 Å². The van der Waals surface area contributed by atoms with E-state index < -0.39 is 0 Å². The molecule has 1 N–H and O–H groups in total. The van der Waals surface area contributed by atoms with E-state index in [1.165, 1.54) is 33.4 Å². The highest BCUT2D eigenvalue weighted by atomic mass is 32.2. The van der Waals surface area contributed by atoms with Crippen molar-refractivity contribution in [1.29, 1.82) is 0 Å². The summed E-state index contributed by atoms with van der Waals surface area (Å²) < 4.78 is 5.33. The minimum Gasteiger partial charge on any atom is -0.462 e. The Balaban J connectivity index is 1.29. The Kier molecular flexibility index (Phi) is 7.86. The molecule has 1 atom stereocenters. The van der Waals surface area contributed by atoms with Crippen LogP contribution in [0.25, 0.3) is 22.0 Å². The lowest BCUT2D eigenvalue weighted by molar-refractivity contribution is -0.113. The molecule has 2 aromatic carbocycles. The van der Waals surface area contributed by atoms with Crippen LogP contribution < -0.4 is 5.32 Å². The van der Waals surface area contributed by atoms with Gasteiger partial charge in [0.1, 0.15) is 5.00 Å². The summed E-state index contributed by atoms with van der Waals surface area (Å²) in [6, 6.07) is 16.3. The molecule has 0 fully saturated rings. The largest absolute Gasteiger partial charge is 0.462 e. The Morgan fingerprint density at radius 2 is 1.97 bits per heavy atom. The van der Waals surface area contributed by atoms with E-state index in [0.29, 0.717) is 28.2 Å². The van der Waals surface area contributed by atoms with Crippen LogP contribution in [0.5, 0.6) is 0 Å². The molecule has 1 amide bonds. The Labute approximate surface area is 224 Å². The molecule has 1 aliphatic carbocycles. The molecule has 190 valence electrons. The number of nitrogens with one attached hydrogen (secondary N) is 1. The van der Waals surface area contributed by atoms with Gasteiger partial charge in [-0.2, -0.15) is 0 Å². The number of thiophene rings is 1. The topological polar surface area (TPSA) is 81.2 Å². The molecule has 1 unspecified atom stereocenters. The van der Waals surface area contributed by atoms with Crippen LogP contribution in [-0.4, -0.2) is 34.2 Å². The lowest BCUT2D eigenvalue weighted by Crippen LogP contribution is -2.18. The maximum atomic E-state index is 12.9. The first-order chi connectivity index (χ1) is 18.1. The van der Waals surface area contributed by atoms with E-state index in [1.54, 1.807) is 13.1 Å². The zero-order valence-corrected chi connectivity index (χ0v) is 22.6. The van der Waals surface area contributed by atoms with Crippen molar-refractivity contribution in [3.8, 4) is 11.3 Å². The molecule has 0 spiro atoms. The molecular formula is C29H29N3O3S2. The Morgan fingerprint density at radius 3 is 2.78 bits per heavy atom. The van der Waals surface area contributed by atoms with Crippen molar-refractivity contribution in [2.45, 2.75) is 44.7 Å². The lowest BCUT2D eigenvalue weighted by atomic mass is 9.85. The molecule has 2 heterocycles. The first kappa shape index (κ1) is 25.4. The Hall–Kier alpha value is -3.23. The van der Waals surface area contributed by atoms with Gasteiger partial charge in [0, 0.05) is 16.6 Å². The summed E-state index contributed by atoms with van der Waals surface area (Å²) in [6.07, 6.45) is 5.68. The van der Waals surface area contributed by atoms with Gasteiger partial charge >= 0.3 is 5.97 Å². The number of amides is 1. The number of nitrogens with zero attached hydrogens (tertiary/aromatic N) is 2. The number of esters is 1. The van der Waals surface area contributed by atoms with E-state index in [2.05, 4.69) is 46.5 Å². The van der Waals surface area contributed by atoms with E-state index in [4.69, 9.17) is 4.74 Å². The number of ether oxygens (including phenoxy) is 1. The number of anilines is 1. The summed E-state index contributed by atoms with van der Waals surface area (Å²) in [5.41, 5.74) is 3.39. The fraction of sp³-hybridized carbons (Fsp3) is 0.310. The molecule has 0 bridgehead atoms. The molecular weight excluding hydrogens is 502 g/mol. The van der Waals surface area contributed by atoms with Gasteiger partial charge in [-0.05, 0) is 60.6 Å². The predicted octanol–water partition coefficient (Wildman–Crippen LogP) is 6.78. The van der Waals surface area contributed by atoms with Gasteiger partial charge in [-0.15, -0.1) is 11.3 Å². The molecule has 6 nitrogen and oxygen atoms in total. The van der Waals surface area contributed by atoms with Crippen molar-refractivity contribution in [3.63, 3.8) is 0 Å².